The van der Waals surface area contributed by atoms with E-state index in [1.807, 2.05) is 32.6 Å². The number of piperidine rings is 1. The van der Waals surface area contributed by atoms with Gasteiger partial charge in [0.25, 0.3) is 0 Å². The summed E-state index contributed by atoms with van der Waals surface area (Å²) in [6.07, 6.45) is 6.81. The molecule has 6 nitrogen and oxygen atoms in total. The van der Waals surface area contributed by atoms with Gasteiger partial charge >= 0.3 is 0 Å². The standard InChI is InChI=1S/C21H37N3O3/c1-14(2)18(23-19(25)16-8-6-5-7-9-16)20(26)22-17-10-12-24(13-11-17)21(27)15(3)4/h14-18H,5-13H2,1-4H3,(H,22,26)(H,23,25)/t18-/m0/s1. The van der Waals surface area contributed by atoms with Gasteiger partial charge in [-0.15, -0.1) is 0 Å². The van der Waals surface area contributed by atoms with Crippen LogP contribution in [0, 0.1) is 17.8 Å². The van der Waals surface area contributed by atoms with Crippen molar-refractivity contribution in [2.75, 3.05) is 13.1 Å². The summed E-state index contributed by atoms with van der Waals surface area (Å²) in [6, 6.07) is -0.420. The second-order valence-corrected chi connectivity index (χ2v) is 8.83. The maximum absolute atomic E-state index is 12.8. The first-order valence-corrected chi connectivity index (χ1v) is 10.7. The van der Waals surface area contributed by atoms with Gasteiger partial charge in [0.15, 0.2) is 0 Å². The van der Waals surface area contributed by atoms with Crippen molar-refractivity contribution in [3.63, 3.8) is 0 Å². The summed E-state index contributed by atoms with van der Waals surface area (Å²) >= 11 is 0. The number of amides is 3. The molecule has 0 bridgehead atoms. The molecule has 2 aliphatic rings. The molecular weight excluding hydrogens is 342 g/mol. The van der Waals surface area contributed by atoms with Crippen LogP contribution >= 0.6 is 0 Å². The third kappa shape index (κ3) is 6.22. The van der Waals surface area contributed by atoms with Gasteiger partial charge in [0.1, 0.15) is 6.04 Å². The summed E-state index contributed by atoms with van der Waals surface area (Å²) in [6.45, 7) is 9.13. The largest absolute Gasteiger partial charge is 0.351 e. The Morgan fingerprint density at radius 1 is 0.889 bits per heavy atom. The van der Waals surface area contributed by atoms with E-state index in [1.165, 1.54) is 6.42 Å². The summed E-state index contributed by atoms with van der Waals surface area (Å²) in [5.41, 5.74) is 0. The van der Waals surface area contributed by atoms with Crippen molar-refractivity contribution >= 4 is 17.7 Å². The van der Waals surface area contributed by atoms with Crippen LogP contribution in [0.15, 0.2) is 0 Å². The van der Waals surface area contributed by atoms with Crippen LogP contribution < -0.4 is 10.6 Å². The fraction of sp³-hybridized carbons (Fsp3) is 0.857. The third-order valence-corrected chi connectivity index (χ3v) is 5.87. The van der Waals surface area contributed by atoms with Crippen LogP contribution in [-0.2, 0) is 14.4 Å². The van der Waals surface area contributed by atoms with Crippen LogP contribution in [-0.4, -0.2) is 47.8 Å². The molecule has 1 saturated heterocycles. The molecule has 1 atom stereocenters. The molecule has 2 fully saturated rings. The molecule has 2 N–H and O–H groups in total. The van der Waals surface area contributed by atoms with Crippen LogP contribution in [0.2, 0.25) is 0 Å². The first kappa shape index (κ1) is 21.7. The van der Waals surface area contributed by atoms with Gasteiger partial charge < -0.3 is 15.5 Å². The number of rotatable bonds is 6. The fourth-order valence-electron chi connectivity index (χ4n) is 4.07. The fourth-order valence-corrected chi connectivity index (χ4v) is 4.07. The molecular formula is C21H37N3O3. The molecule has 6 heteroatoms. The summed E-state index contributed by atoms with van der Waals surface area (Å²) in [5.74, 6) is 0.220. The van der Waals surface area contributed by atoms with Crippen molar-refractivity contribution < 1.29 is 14.4 Å². The molecule has 2 rings (SSSR count). The Balaban J connectivity index is 1.84. The average Bonchev–Trinajstić information content (AvgIpc) is 2.66. The maximum Gasteiger partial charge on any atom is 0.243 e. The van der Waals surface area contributed by atoms with Crippen LogP contribution in [0.25, 0.3) is 0 Å². The quantitative estimate of drug-likeness (QED) is 0.744. The van der Waals surface area contributed by atoms with E-state index >= 15 is 0 Å². The molecule has 0 radical (unpaired) electrons. The lowest BCUT2D eigenvalue weighted by Gasteiger charge is -2.34. The van der Waals surface area contributed by atoms with Crippen LogP contribution in [0.3, 0.4) is 0 Å². The average molecular weight is 380 g/mol. The highest BCUT2D eigenvalue weighted by Gasteiger charge is 2.31. The van der Waals surface area contributed by atoms with E-state index in [4.69, 9.17) is 0 Å². The lowest BCUT2D eigenvalue weighted by Crippen LogP contribution is -2.55. The first-order chi connectivity index (χ1) is 12.8. The monoisotopic (exact) mass is 379 g/mol. The number of nitrogens with one attached hydrogen (secondary N) is 2. The zero-order chi connectivity index (χ0) is 20.0. The smallest absolute Gasteiger partial charge is 0.243 e. The Morgan fingerprint density at radius 3 is 2.00 bits per heavy atom. The second kappa shape index (κ2) is 10.1. The zero-order valence-electron chi connectivity index (χ0n) is 17.4. The van der Waals surface area contributed by atoms with Gasteiger partial charge in [0.05, 0.1) is 0 Å². The van der Waals surface area contributed by atoms with Crippen molar-refractivity contribution in [3.05, 3.63) is 0 Å². The van der Waals surface area contributed by atoms with E-state index in [1.54, 1.807) is 0 Å². The number of hydrogen-bond acceptors (Lipinski definition) is 3. The predicted molar refractivity (Wildman–Crippen MR) is 106 cm³/mol. The van der Waals surface area contributed by atoms with Gasteiger partial charge in [-0.3, -0.25) is 14.4 Å². The highest BCUT2D eigenvalue weighted by molar-refractivity contribution is 5.89. The van der Waals surface area contributed by atoms with Crippen LogP contribution in [0.1, 0.15) is 72.6 Å². The lowest BCUT2D eigenvalue weighted by molar-refractivity contribution is -0.136. The number of carbonyl (C=O) groups excluding carboxylic acids is 3. The summed E-state index contributed by atoms with van der Waals surface area (Å²) in [4.78, 5) is 39.3. The van der Waals surface area contributed by atoms with Gasteiger partial charge in [-0.25, -0.2) is 0 Å². The van der Waals surface area contributed by atoms with E-state index in [2.05, 4.69) is 10.6 Å². The Morgan fingerprint density at radius 2 is 1.48 bits per heavy atom. The SMILES string of the molecule is CC(C)C(=O)N1CCC(NC(=O)[C@@H](NC(=O)C2CCCCC2)C(C)C)CC1. The van der Waals surface area contributed by atoms with Gasteiger partial charge in [0.2, 0.25) is 17.7 Å². The van der Waals surface area contributed by atoms with Crippen LogP contribution in [0.5, 0.6) is 0 Å². The normalized spacial score (nSPS) is 20.6. The molecule has 27 heavy (non-hydrogen) atoms. The van der Waals surface area contributed by atoms with E-state index < -0.39 is 6.04 Å². The van der Waals surface area contributed by atoms with Crippen LogP contribution in [0.4, 0.5) is 0 Å². The molecule has 0 unspecified atom stereocenters. The number of nitrogens with zero attached hydrogens (tertiary/aromatic N) is 1. The van der Waals surface area contributed by atoms with Gasteiger partial charge in [-0.2, -0.15) is 0 Å². The third-order valence-electron chi connectivity index (χ3n) is 5.87. The van der Waals surface area contributed by atoms with Gasteiger partial charge in [-0.05, 0) is 31.6 Å². The van der Waals surface area contributed by atoms with E-state index in [0.717, 1.165) is 38.5 Å². The van der Waals surface area contributed by atoms with E-state index in [9.17, 15) is 14.4 Å². The van der Waals surface area contributed by atoms with Crippen molar-refractivity contribution in [1.82, 2.24) is 15.5 Å². The molecule has 0 aromatic rings. The highest BCUT2D eigenvalue weighted by Crippen LogP contribution is 2.24. The first-order valence-electron chi connectivity index (χ1n) is 10.7. The molecule has 0 aromatic heterocycles. The molecule has 1 aliphatic heterocycles. The topological polar surface area (TPSA) is 78.5 Å². The Labute approximate surface area is 163 Å². The lowest BCUT2D eigenvalue weighted by atomic mass is 9.88. The maximum atomic E-state index is 12.8. The minimum Gasteiger partial charge on any atom is -0.351 e. The van der Waals surface area contributed by atoms with E-state index in [0.29, 0.717) is 13.1 Å². The predicted octanol–water partition coefficient (Wildman–Crippen LogP) is 2.47. The Bertz CT molecular complexity index is 519. The summed E-state index contributed by atoms with van der Waals surface area (Å²) < 4.78 is 0. The summed E-state index contributed by atoms with van der Waals surface area (Å²) in [5, 5.41) is 6.11. The van der Waals surface area contributed by atoms with Gasteiger partial charge in [0, 0.05) is 31.0 Å². The molecule has 3 amide bonds. The zero-order valence-corrected chi connectivity index (χ0v) is 17.4. The Hall–Kier alpha value is -1.59. The molecule has 154 valence electrons. The minimum atomic E-state index is -0.491. The summed E-state index contributed by atoms with van der Waals surface area (Å²) in [7, 11) is 0. The van der Waals surface area contributed by atoms with Crippen molar-refractivity contribution in [2.24, 2.45) is 17.8 Å². The van der Waals surface area contributed by atoms with Crippen molar-refractivity contribution in [1.29, 1.82) is 0 Å². The minimum absolute atomic E-state index is 0.0106. The molecule has 0 spiro atoms. The molecule has 0 aromatic carbocycles. The number of carbonyl (C=O) groups is 3. The Kier molecular flexibility index (Phi) is 8.11. The van der Waals surface area contributed by atoms with Gasteiger partial charge in [-0.1, -0.05) is 47.0 Å². The second-order valence-electron chi connectivity index (χ2n) is 8.83. The number of likely N-dealkylation sites (tertiary alicyclic amines) is 1. The molecule has 1 heterocycles. The van der Waals surface area contributed by atoms with E-state index in [-0.39, 0.29) is 41.5 Å². The molecule has 1 aliphatic carbocycles. The molecule has 1 saturated carbocycles. The number of hydrogen-bond donors (Lipinski definition) is 2. The van der Waals surface area contributed by atoms with Crippen molar-refractivity contribution in [3.8, 4) is 0 Å². The van der Waals surface area contributed by atoms with Crippen molar-refractivity contribution in [2.45, 2.75) is 84.7 Å². The highest BCUT2D eigenvalue weighted by atomic mass is 16.2.